The Morgan fingerprint density at radius 2 is 1.96 bits per heavy atom. The third-order valence-corrected chi connectivity index (χ3v) is 4.87. The summed E-state index contributed by atoms with van der Waals surface area (Å²) >= 11 is 6.54. The van der Waals surface area contributed by atoms with E-state index in [0.717, 1.165) is 8.96 Å². The number of benzene rings is 1. The number of methoxy groups -OCH3 is 2. The highest BCUT2D eigenvalue weighted by molar-refractivity contribution is 6.57. The molecule has 0 amide bonds. The normalized spacial score (nSPS) is 17.2. The summed E-state index contributed by atoms with van der Waals surface area (Å²) in [7, 11) is 3.00. The summed E-state index contributed by atoms with van der Waals surface area (Å²) in [5.74, 6) is 0.848. The predicted octanol–water partition coefficient (Wildman–Crippen LogP) is 3.81. The fourth-order valence-electron chi connectivity index (χ4n) is 3.38. The number of nitrogens with zero attached hydrogens (tertiary/aromatic N) is 2. The van der Waals surface area contributed by atoms with Gasteiger partial charge in [-0.25, -0.2) is 0 Å². The molecule has 2 aliphatic rings. The van der Waals surface area contributed by atoms with Gasteiger partial charge in [-0.1, -0.05) is 11.6 Å². The van der Waals surface area contributed by atoms with Crippen LogP contribution in [0.25, 0.3) is 5.57 Å². The lowest BCUT2D eigenvalue weighted by atomic mass is 9.86. The number of allylic oxidation sites excluding steroid dienone is 2. The van der Waals surface area contributed by atoms with Crippen molar-refractivity contribution in [2.24, 2.45) is 0 Å². The number of halogens is 3. The van der Waals surface area contributed by atoms with Gasteiger partial charge in [-0.2, -0.15) is 0 Å². The van der Waals surface area contributed by atoms with Gasteiger partial charge in [0.2, 0.25) is 0 Å². The molecule has 0 N–H and O–H groups in total. The molecule has 4 nitrogen and oxygen atoms in total. The second-order valence-corrected chi connectivity index (χ2v) is 6.11. The van der Waals surface area contributed by atoms with Crippen LogP contribution in [0.15, 0.2) is 48.3 Å². The SMILES string of the molecule is COc1ccc(C2=C3C=CC=[N+]3[B-](F)(F)n3cccc32)c(Cl)c1OC. The maximum atomic E-state index is 14.8. The van der Waals surface area contributed by atoms with Crippen molar-refractivity contribution in [3.8, 4) is 11.5 Å². The van der Waals surface area contributed by atoms with Gasteiger partial charge in [-0.15, -0.1) is 0 Å². The fourth-order valence-corrected chi connectivity index (χ4v) is 3.70. The van der Waals surface area contributed by atoms with E-state index < -0.39 is 6.97 Å². The second kappa shape index (κ2) is 5.49. The molecule has 128 valence electrons. The maximum absolute atomic E-state index is 14.8. The Bertz CT molecular complexity index is 979. The van der Waals surface area contributed by atoms with Gasteiger partial charge in [-0.05, 0) is 30.5 Å². The van der Waals surface area contributed by atoms with Crippen LogP contribution in [0.1, 0.15) is 11.3 Å². The number of hydrogen-bond donors (Lipinski definition) is 0. The molecule has 8 heteroatoms. The summed E-state index contributed by atoms with van der Waals surface area (Å²) < 4.78 is 42.2. The third-order valence-electron chi connectivity index (χ3n) is 4.49. The van der Waals surface area contributed by atoms with Gasteiger partial charge in [-0.3, -0.25) is 0 Å². The van der Waals surface area contributed by atoms with Crippen LogP contribution in [0.4, 0.5) is 8.63 Å². The lowest BCUT2D eigenvalue weighted by molar-refractivity contribution is -0.356. The molecule has 0 saturated heterocycles. The van der Waals surface area contributed by atoms with Crippen LogP contribution in [0.3, 0.4) is 0 Å². The van der Waals surface area contributed by atoms with E-state index in [1.807, 2.05) is 0 Å². The molecule has 0 radical (unpaired) electrons. The minimum Gasteiger partial charge on any atom is -0.493 e. The Morgan fingerprint density at radius 1 is 1.16 bits per heavy atom. The van der Waals surface area contributed by atoms with Crippen molar-refractivity contribution in [2.45, 2.75) is 0 Å². The largest absolute Gasteiger partial charge is 0.737 e. The summed E-state index contributed by atoms with van der Waals surface area (Å²) in [6.45, 7) is -3.94. The van der Waals surface area contributed by atoms with E-state index in [2.05, 4.69) is 0 Å². The van der Waals surface area contributed by atoms with E-state index in [1.54, 1.807) is 36.4 Å². The predicted molar refractivity (Wildman–Crippen MR) is 93.8 cm³/mol. The van der Waals surface area contributed by atoms with Gasteiger partial charge >= 0.3 is 6.97 Å². The average molecular weight is 363 g/mol. The standard InChI is InChI=1S/C17H14BClF2N2O2/c1-24-14-8-7-11(16(19)17(14)25-2)15-12-5-3-9-22(12)18(20,21)23-10-4-6-13(15)23/h3-10H,1-2H3. The minimum absolute atomic E-state index is 0.315. The molecule has 0 fully saturated rings. The Hall–Kier alpha value is -2.54. The molecular formula is C17H14BClF2N2O2. The van der Waals surface area contributed by atoms with Gasteiger partial charge in [0, 0.05) is 23.4 Å². The highest BCUT2D eigenvalue weighted by Gasteiger charge is 2.51. The zero-order chi connectivity index (χ0) is 17.8. The Kier molecular flexibility index (Phi) is 3.51. The number of ether oxygens (including phenoxy) is 2. The van der Waals surface area contributed by atoms with Crippen LogP contribution in [-0.4, -0.2) is 36.4 Å². The molecule has 0 aliphatic carbocycles. The molecule has 2 aliphatic heterocycles. The van der Waals surface area contributed by atoms with Crippen LogP contribution in [0.5, 0.6) is 11.5 Å². The van der Waals surface area contributed by atoms with Crippen LogP contribution in [-0.2, 0) is 0 Å². The van der Waals surface area contributed by atoms with Crippen molar-refractivity contribution in [2.75, 3.05) is 14.2 Å². The molecule has 0 saturated carbocycles. The van der Waals surface area contributed by atoms with Gasteiger partial charge < -0.3 is 27.1 Å². The monoisotopic (exact) mass is 362 g/mol. The molecule has 4 rings (SSSR count). The minimum atomic E-state index is -3.94. The Morgan fingerprint density at radius 3 is 2.68 bits per heavy atom. The van der Waals surface area contributed by atoms with Gasteiger partial charge in [0.25, 0.3) is 0 Å². The van der Waals surface area contributed by atoms with Crippen molar-refractivity contribution in [3.63, 3.8) is 0 Å². The molecule has 25 heavy (non-hydrogen) atoms. The van der Waals surface area contributed by atoms with E-state index in [4.69, 9.17) is 21.1 Å². The molecule has 3 heterocycles. The Labute approximate surface area is 148 Å². The molecule has 0 unspecified atom stereocenters. The third kappa shape index (κ3) is 2.08. The zero-order valence-corrected chi connectivity index (χ0v) is 14.3. The molecule has 2 aromatic rings. The molecule has 1 aromatic carbocycles. The number of aromatic nitrogens is 1. The highest BCUT2D eigenvalue weighted by atomic mass is 35.5. The van der Waals surface area contributed by atoms with Crippen molar-refractivity contribution in [1.29, 1.82) is 0 Å². The summed E-state index contributed by atoms with van der Waals surface area (Å²) in [4.78, 5) is 0. The zero-order valence-electron chi connectivity index (χ0n) is 13.5. The fraction of sp³-hybridized carbons (Fsp3) is 0.118. The van der Waals surface area contributed by atoms with Crippen molar-refractivity contribution < 1.29 is 22.6 Å². The van der Waals surface area contributed by atoms with E-state index in [0.29, 0.717) is 39.0 Å². The first-order chi connectivity index (χ1) is 12.0. The van der Waals surface area contributed by atoms with Gasteiger partial charge in [0.1, 0.15) is 6.21 Å². The van der Waals surface area contributed by atoms with Crippen molar-refractivity contribution in [1.82, 2.24) is 4.48 Å². The summed E-state index contributed by atoms with van der Waals surface area (Å²) in [6.07, 6.45) is 6.03. The summed E-state index contributed by atoms with van der Waals surface area (Å²) in [5.41, 5.74) is 2.04. The topological polar surface area (TPSA) is 26.4 Å². The smallest absolute Gasteiger partial charge is 0.493 e. The quantitative estimate of drug-likeness (QED) is 0.776. The summed E-state index contributed by atoms with van der Waals surface area (Å²) in [6, 6.07) is 6.73. The van der Waals surface area contributed by atoms with Gasteiger partial charge in [0.15, 0.2) is 17.2 Å². The molecular weight excluding hydrogens is 348 g/mol. The number of rotatable bonds is 3. The molecule has 0 atom stereocenters. The first kappa shape index (κ1) is 16.0. The lowest BCUT2D eigenvalue weighted by Gasteiger charge is -2.31. The van der Waals surface area contributed by atoms with E-state index >= 15 is 0 Å². The van der Waals surface area contributed by atoms with E-state index in [1.165, 1.54) is 26.6 Å². The van der Waals surface area contributed by atoms with E-state index in [-0.39, 0.29) is 0 Å². The van der Waals surface area contributed by atoms with E-state index in [9.17, 15) is 8.63 Å². The molecule has 0 bridgehead atoms. The molecule has 1 aromatic heterocycles. The van der Waals surface area contributed by atoms with Crippen LogP contribution in [0, 0.1) is 0 Å². The lowest BCUT2D eigenvalue weighted by Crippen LogP contribution is -2.49. The summed E-state index contributed by atoms with van der Waals surface area (Å²) in [5, 5.41) is 0.315. The second-order valence-electron chi connectivity index (χ2n) is 5.73. The number of hydrogen-bond acceptors (Lipinski definition) is 2. The first-order valence-corrected chi connectivity index (χ1v) is 8.03. The van der Waals surface area contributed by atoms with Gasteiger partial charge in [0.05, 0.1) is 24.8 Å². The maximum Gasteiger partial charge on any atom is 0.737 e. The Balaban J connectivity index is 2.04. The van der Waals surface area contributed by atoms with Crippen LogP contribution < -0.4 is 9.47 Å². The highest BCUT2D eigenvalue weighted by Crippen LogP contribution is 2.45. The van der Waals surface area contributed by atoms with Crippen molar-refractivity contribution >= 4 is 30.4 Å². The average Bonchev–Trinajstić information content (AvgIpc) is 3.26. The van der Waals surface area contributed by atoms with Crippen molar-refractivity contribution in [3.05, 3.63) is 64.6 Å². The number of fused-ring (bicyclic) bond motifs is 2. The first-order valence-electron chi connectivity index (χ1n) is 7.65. The van der Waals surface area contributed by atoms with Crippen LogP contribution >= 0.6 is 11.6 Å². The molecule has 0 spiro atoms. The van der Waals surface area contributed by atoms with Crippen LogP contribution in [0.2, 0.25) is 5.02 Å².